The van der Waals surface area contributed by atoms with Gasteiger partial charge in [-0.1, -0.05) is 254 Å². The number of ether oxygens (including phenoxy) is 1. The zero-order valence-electron chi connectivity index (χ0n) is 46.3. The zero-order chi connectivity index (χ0) is 56.0. The molecule has 4 aliphatic rings. The van der Waals surface area contributed by atoms with Crippen molar-refractivity contribution in [3.63, 3.8) is 0 Å². The van der Waals surface area contributed by atoms with Crippen LogP contribution in [0, 0.1) is 0 Å². The van der Waals surface area contributed by atoms with Crippen LogP contribution in [-0.2, 0) is 0 Å². The smallest absolute Gasteiger partial charge is 0.256 e. The molecule has 0 unspecified atom stereocenters. The lowest BCUT2D eigenvalue weighted by Crippen LogP contribution is -2.63. The number of rotatable bonds is 9. The second-order valence-electron chi connectivity index (χ2n) is 22.3. The minimum atomic E-state index is -0.146. The Morgan fingerprint density at radius 3 is 1.35 bits per heavy atom. The number of benzene rings is 13. The predicted octanol–water partition coefficient (Wildman–Crippen LogP) is 17.0. The van der Waals surface area contributed by atoms with Crippen LogP contribution in [0.3, 0.4) is 0 Å². The van der Waals surface area contributed by atoms with E-state index in [0.29, 0.717) is 0 Å². The van der Waals surface area contributed by atoms with E-state index in [1.54, 1.807) is 0 Å². The topological polar surface area (TPSA) is 19.0 Å². The SMILES string of the molecule is c1ccc(-c2cc3c4c(c2)N(c2c(-c5ccccc5)cccc2-c2ccccc2)c2ccccc2B4c2cc4c(cc2O3)Sc2cc(N(c3ccccc3)c3ccccc3)cc3c2B4c2ccccc2N3c2ccccc2-c2ccccc2)cc1. The molecule has 0 radical (unpaired) electrons. The van der Waals surface area contributed by atoms with E-state index in [9.17, 15) is 0 Å². The molecule has 396 valence electrons. The molecule has 0 atom stereocenters. The van der Waals surface area contributed by atoms with Crippen LogP contribution in [0.15, 0.2) is 319 Å². The lowest BCUT2D eigenvalue weighted by atomic mass is 9.31. The molecule has 0 fully saturated rings. The molecule has 0 aromatic heterocycles. The number of hydrogen-bond acceptors (Lipinski definition) is 5. The van der Waals surface area contributed by atoms with Crippen LogP contribution in [0.25, 0.3) is 44.5 Å². The highest BCUT2D eigenvalue weighted by Gasteiger charge is 2.47. The highest BCUT2D eigenvalue weighted by atomic mass is 32.2. The van der Waals surface area contributed by atoms with Crippen molar-refractivity contribution in [3.05, 3.63) is 309 Å². The van der Waals surface area contributed by atoms with E-state index >= 15 is 0 Å². The molecule has 7 heteroatoms. The summed E-state index contributed by atoms with van der Waals surface area (Å²) in [5, 5.41) is 0. The number of hydrogen-bond donors (Lipinski definition) is 0. The summed E-state index contributed by atoms with van der Waals surface area (Å²) >= 11 is 1.86. The van der Waals surface area contributed by atoms with E-state index in [0.717, 1.165) is 102 Å². The molecular weight excluding hydrogens is 1050 g/mol. The zero-order valence-corrected chi connectivity index (χ0v) is 47.1. The summed E-state index contributed by atoms with van der Waals surface area (Å²) in [6, 6.07) is 113. The summed E-state index contributed by atoms with van der Waals surface area (Å²) in [5.41, 5.74) is 26.7. The molecule has 0 saturated carbocycles. The highest BCUT2D eigenvalue weighted by Crippen LogP contribution is 2.52. The Morgan fingerprint density at radius 1 is 0.282 bits per heavy atom. The third-order valence-corrected chi connectivity index (χ3v) is 18.6. The van der Waals surface area contributed by atoms with Crippen molar-refractivity contribution in [1.29, 1.82) is 0 Å². The third-order valence-electron chi connectivity index (χ3n) is 17.5. The molecule has 13 aromatic rings. The van der Waals surface area contributed by atoms with Gasteiger partial charge in [0.05, 0.1) is 11.4 Å². The summed E-state index contributed by atoms with van der Waals surface area (Å²) in [4.78, 5) is 9.92. The van der Waals surface area contributed by atoms with Gasteiger partial charge >= 0.3 is 0 Å². The van der Waals surface area contributed by atoms with E-state index in [1.165, 1.54) is 48.2 Å². The van der Waals surface area contributed by atoms with E-state index in [4.69, 9.17) is 4.74 Å². The molecule has 85 heavy (non-hydrogen) atoms. The first-order valence-corrected chi connectivity index (χ1v) is 30.0. The number of nitrogens with zero attached hydrogens (tertiary/aromatic N) is 3. The fourth-order valence-electron chi connectivity index (χ4n) is 13.9. The highest BCUT2D eigenvalue weighted by molar-refractivity contribution is 8.00. The lowest BCUT2D eigenvalue weighted by Gasteiger charge is -2.43. The van der Waals surface area contributed by atoms with E-state index < -0.39 is 0 Å². The van der Waals surface area contributed by atoms with Crippen molar-refractivity contribution in [2.24, 2.45) is 0 Å². The van der Waals surface area contributed by atoms with Gasteiger partial charge in [-0.05, 0) is 128 Å². The van der Waals surface area contributed by atoms with Gasteiger partial charge in [0.2, 0.25) is 6.71 Å². The van der Waals surface area contributed by atoms with Crippen LogP contribution in [0.4, 0.5) is 51.2 Å². The van der Waals surface area contributed by atoms with Gasteiger partial charge in [0, 0.05) is 66.3 Å². The summed E-state index contributed by atoms with van der Waals surface area (Å²) in [6.07, 6.45) is 0. The summed E-state index contributed by atoms with van der Waals surface area (Å²) in [6.45, 7) is -0.242. The van der Waals surface area contributed by atoms with Gasteiger partial charge in [-0.2, -0.15) is 0 Å². The maximum absolute atomic E-state index is 7.60. The summed E-state index contributed by atoms with van der Waals surface area (Å²) in [7, 11) is 0. The molecule has 17 rings (SSSR count). The second kappa shape index (κ2) is 20.2. The van der Waals surface area contributed by atoms with Crippen molar-refractivity contribution in [3.8, 4) is 56.0 Å². The molecule has 0 amide bonds. The Hall–Kier alpha value is -10.5. The van der Waals surface area contributed by atoms with Crippen LogP contribution in [0.5, 0.6) is 11.5 Å². The minimum absolute atomic E-state index is 0.0957. The molecule has 4 nitrogen and oxygen atoms in total. The maximum atomic E-state index is 7.60. The third kappa shape index (κ3) is 8.03. The molecule has 13 aromatic carbocycles. The van der Waals surface area contributed by atoms with Gasteiger partial charge in [-0.3, -0.25) is 0 Å². The fraction of sp³-hybridized carbons (Fsp3) is 0. The lowest BCUT2D eigenvalue weighted by molar-refractivity contribution is 0.486. The Balaban J connectivity index is 0.911. The molecule has 4 heterocycles. The van der Waals surface area contributed by atoms with Gasteiger partial charge in [0.25, 0.3) is 6.71 Å². The van der Waals surface area contributed by atoms with Crippen LogP contribution < -0.4 is 52.2 Å². The molecular formula is C78H51B2N3OS. The van der Waals surface area contributed by atoms with Gasteiger partial charge in [-0.25, -0.2) is 0 Å². The van der Waals surface area contributed by atoms with Crippen molar-refractivity contribution in [1.82, 2.24) is 0 Å². The number of anilines is 9. The van der Waals surface area contributed by atoms with E-state index in [2.05, 4.69) is 324 Å². The van der Waals surface area contributed by atoms with Crippen molar-refractivity contribution >= 4 is 109 Å². The van der Waals surface area contributed by atoms with Crippen LogP contribution >= 0.6 is 11.8 Å². The van der Waals surface area contributed by atoms with Crippen molar-refractivity contribution < 1.29 is 4.74 Å². The summed E-state index contributed by atoms with van der Waals surface area (Å²) in [5.74, 6) is 1.75. The van der Waals surface area contributed by atoms with Gasteiger partial charge < -0.3 is 19.4 Å². The first-order valence-electron chi connectivity index (χ1n) is 29.2. The molecule has 0 spiro atoms. The molecule has 0 bridgehead atoms. The normalized spacial score (nSPS) is 12.9. The standard InChI is InChI=1S/C78H51B2N3OS/c1-7-26-52(27-8-1)56-46-70-76-73(47-56)84-72-51-74-66(50-65(72)79(76)64-42-21-24-45-69(64)83(70)78-61(54-30-11-3-12-31-54)39-25-40-62(78)55-32-13-4-14-33-55)80-63-41-20-23-44-68(63)82(67-43-22-19-38-60(67)53-28-9-2-10-29-53)71-48-59(49-75(85-74)77(71)80)81(57-34-15-5-16-35-57)58-36-17-6-18-37-58/h1-51H. The predicted molar refractivity (Wildman–Crippen MR) is 359 cm³/mol. The largest absolute Gasteiger partial charge is 0.458 e. The van der Waals surface area contributed by atoms with E-state index in [-0.39, 0.29) is 13.4 Å². The molecule has 0 N–H and O–H groups in total. The molecule has 0 aliphatic carbocycles. The quantitative estimate of drug-likeness (QED) is 0.134. The summed E-state index contributed by atoms with van der Waals surface area (Å²) < 4.78 is 7.60. The fourth-order valence-corrected chi connectivity index (χ4v) is 15.1. The second-order valence-corrected chi connectivity index (χ2v) is 23.3. The van der Waals surface area contributed by atoms with Gasteiger partial charge in [-0.15, -0.1) is 0 Å². The Labute approximate surface area is 500 Å². The van der Waals surface area contributed by atoms with Crippen LogP contribution in [0.1, 0.15) is 0 Å². The van der Waals surface area contributed by atoms with Crippen molar-refractivity contribution in [2.45, 2.75) is 9.79 Å². The van der Waals surface area contributed by atoms with Crippen molar-refractivity contribution in [2.75, 3.05) is 14.7 Å². The van der Waals surface area contributed by atoms with Gasteiger partial charge in [0.1, 0.15) is 11.5 Å². The molecule has 0 saturated heterocycles. The van der Waals surface area contributed by atoms with Crippen LogP contribution in [0.2, 0.25) is 0 Å². The Morgan fingerprint density at radius 2 is 0.753 bits per heavy atom. The number of para-hydroxylation sites is 6. The first kappa shape index (κ1) is 49.2. The first-order chi connectivity index (χ1) is 42.2. The Kier molecular flexibility index (Phi) is 11.7. The number of fused-ring (bicyclic) bond motifs is 8. The van der Waals surface area contributed by atoms with Crippen LogP contribution in [-0.4, -0.2) is 13.4 Å². The minimum Gasteiger partial charge on any atom is -0.458 e. The van der Waals surface area contributed by atoms with Gasteiger partial charge in [0.15, 0.2) is 0 Å². The monoisotopic (exact) mass is 1100 g/mol. The molecule has 4 aliphatic heterocycles. The average molecular weight is 1100 g/mol. The van der Waals surface area contributed by atoms with E-state index in [1.807, 2.05) is 11.8 Å². The maximum Gasteiger partial charge on any atom is 0.256 e. The average Bonchev–Trinajstić information content (AvgIpc) is 2.23. The Bertz CT molecular complexity index is 4640.